The molecule has 16 heavy (non-hydrogen) atoms. The second-order valence-electron chi connectivity index (χ2n) is 4.03. The van der Waals surface area contributed by atoms with E-state index in [1.54, 1.807) is 11.3 Å². The highest BCUT2D eigenvalue weighted by molar-refractivity contribution is 7.15. The fraction of sp³-hybridized carbons (Fsp3) is 0.308. The summed E-state index contributed by atoms with van der Waals surface area (Å²) in [5.74, 6) is 1.07. The van der Waals surface area contributed by atoms with Gasteiger partial charge in [-0.05, 0) is 17.0 Å². The average molecular weight is 252 g/mol. The van der Waals surface area contributed by atoms with Crippen molar-refractivity contribution in [2.75, 3.05) is 0 Å². The molecule has 0 aliphatic heterocycles. The Balaban J connectivity index is 2.27. The van der Waals surface area contributed by atoms with E-state index in [9.17, 15) is 0 Å². The predicted octanol–water partition coefficient (Wildman–Crippen LogP) is 4.67. The Morgan fingerprint density at radius 2 is 1.94 bits per heavy atom. The number of hydrogen-bond acceptors (Lipinski definition) is 2. The van der Waals surface area contributed by atoms with E-state index < -0.39 is 0 Å². The van der Waals surface area contributed by atoms with E-state index >= 15 is 0 Å². The quantitative estimate of drug-likeness (QED) is 0.723. The third kappa shape index (κ3) is 2.45. The average Bonchev–Trinajstić information content (AvgIpc) is 2.77. The maximum Gasteiger partial charge on any atom is 0.108 e. The maximum absolute atomic E-state index is 5.74. The van der Waals surface area contributed by atoms with Crippen molar-refractivity contribution < 1.29 is 0 Å². The molecule has 0 bridgehead atoms. The molecule has 0 unspecified atom stereocenters. The van der Waals surface area contributed by atoms with Gasteiger partial charge in [0.2, 0.25) is 0 Å². The molecule has 0 fully saturated rings. The molecule has 0 spiro atoms. The number of benzene rings is 1. The van der Waals surface area contributed by atoms with Gasteiger partial charge in [0.1, 0.15) is 5.01 Å². The minimum atomic E-state index is 0.495. The smallest absolute Gasteiger partial charge is 0.108 e. The maximum atomic E-state index is 5.74. The van der Waals surface area contributed by atoms with Crippen LogP contribution in [0, 0.1) is 0 Å². The second kappa shape index (κ2) is 4.98. The van der Waals surface area contributed by atoms with Gasteiger partial charge >= 0.3 is 0 Å². The third-order valence-electron chi connectivity index (χ3n) is 2.53. The van der Waals surface area contributed by atoms with Crippen molar-refractivity contribution >= 4 is 22.9 Å². The van der Waals surface area contributed by atoms with Crippen molar-refractivity contribution in [3.8, 4) is 10.4 Å². The monoisotopic (exact) mass is 251 g/mol. The van der Waals surface area contributed by atoms with Crippen molar-refractivity contribution in [3.05, 3.63) is 41.0 Å². The Hall–Kier alpha value is -0.860. The van der Waals surface area contributed by atoms with Crippen LogP contribution in [0.2, 0.25) is 0 Å². The SMILES string of the molecule is CC(C)c1ccc(-c2cnc(CCl)s2)cc1. The standard InChI is InChI=1S/C13H14ClNS/c1-9(2)10-3-5-11(6-4-10)12-8-15-13(7-14)16-12/h3-6,8-9H,7H2,1-2H3. The minimum Gasteiger partial charge on any atom is -0.248 e. The lowest BCUT2D eigenvalue weighted by atomic mass is 10.0. The summed E-state index contributed by atoms with van der Waals surface area (Å²) >= 11 is 7.40. The molecule has 1 heterocycles. The molecule has 2 aromatic rings. The van der Waals surface area contributed by atoms with Gasteiger partial charge in [-0.1, -0.05) is 38.1 Å². The van der Waals surface area contributed by atoms with Crippen molar-refractivity contribution in [2.24, 2.45) is 0 Å². The topological polar surface area (TPSA) is 12.9 Å². The summed E-state index contributed by atoms with van der Waals surface area (Å²) in [5.41, 5.74) is 2.59. The van der Waals surface area contributed by atoms with Gasteiger partial charge in [-0.2, -0.15) is 0 Å². The first-order valence-corrected chi connectivity index (χ1v) is 6.67. The number of thiazole rings is 1. The van der Waals surface area contributed by atoms with Crippen LogP contribution in [0.5, 0.6) is 0 Å². The van der Waals surface area contributed by atoms with Crippen molar-refractivity contribution in [1.82, 2.24) is 4.98 Å². The summed E-state index contributed by atoms with van der Waals surface area (Å²) in [4.78, 5) is 5.44. The largest absolute Gasteiger partial charge is 0.248 e. The Bertz CT molecular complexity index is 459. The van der Waals surface area contributed by atoms with Crippen molar-refractivity contribution in [2.45, 2.75) is 25.6 Å². The fourth-order valence-electron chi connectivity index (χ4n) is 1.54. The van der Waals surface area contributed by atoms with Gasteiger partial charge in [-0.3, -0.25) is 0 Å². The summed E-state index contributed by atoms with van der Waals surface area (Å²) in [6.07, 6.45) is 1.90. The molecule has 0 amide bonds. The third-order valence-corrected chi connectivity index (χ3v) is 3.99. The summed E-state index contributed by atoms with van der Waals surface area (Å²) in [6.45, 7) is 4.40. The molecule has 0 atom stereocenters. The highest BCUT2D eigenvalue weighted by atomic mass is 35.5. The van der Waals surface area contributed by atoms with Crippen LogP contribution in [0.4, 0.5) is 0 Å². The first-order chi connectivity index (χ1) is 7.70. The lowest BCUT2D eigenvalue weighted by molar-refractivity contribution is 0.867. The van der Waals surface area contributed by atoms with Gasteiger partial charge in [0.05, 0.1) is 10.8 Å². The number of aromatic nitrogens is 1. The zero-order valence-electron chi connectivity index (χ0n) is 9.40. The number of halogens is 1. The molecule has 84 valence electrons. The van der Waals surface area contributed by atoms with Gasteiger partial charge < -0.3 is 0 Å². The zero-order chi connectivity index (χ0) is 11.5. The van der Waals surface area contributed by atoms with E-state index in [4.69, 9.17) is 11.6 Å². The molecule has 1 aromatic carbocycles. The van der Waals surface area contributed by atoms with Crippen molar-refractivity contribution in [3.63, 3.8) is 0 Å². The van der Waals surface area contributed by atoms with Gasteiger partial charge in [-0.15, -0.1) is 22.9 Å². The first kappa shape index (κ1) is 11.6. The molecule has 0 saturated carbocycles. The van der Waals surface area contributed by atoms with Crippen LogP contribution < -0.4 is 0 Å². The number of hydrogen-bond donors (Lipinski definition) is 0. The molecule has 3 heteroatoms. The Morgan fingerprint density at radius 3 is 2.44 bits per heavy atom. The van der Waals surface area contributed by atoms with Gasteiger partial charge in [0.25, 0.3) is 0 Å². The van der Waals surface area contributed by atoms with Crippen LogP contribution in [0.3, 0.4) is 0 Å². The van der Waals surface area contributed by atoms with E-state index in [0.29, 0.717) is 11.8 Å². The summed E-state index contributed by atoms with van der Waals surface area (Å²) in [6, 6.07) is 8.67. The van der Waals surface area contributed by atoms with Crippen molar-refractivity contribution in [1.29, 1.82) is 0 Å². The highest BCUT2D eigenvalue weighted by Crippen LogP contribution is 2.28. The number of alkyl halides is 1. The summed E-state index contributed by atoms with van der Waals surface area (Å²) in [5, 5.41) is 0.976. The van der Waals surface area contributed by atoms with Gasteiger partial charge in [0, 0.05) is 6.20 Å². The van der Waals surface area contributed by atoms with E-state index in [-0.39, 0.29) is 0 Å². The van der Waals surface area contributed by atoms with E-state index in [1.165, 1.54) is 16.0 Å². The number of rotatable bonds is 3. The normalized spacial score (nSPS) is 11.0. The molecule has 0 saturated heterocycles. The number of nitrogens with zero attached hydrogens (tertiary/aromatic N) is 1. The Labute approximate surface area is 105 Å². The van der Waals surface area contributed by atoms with Crippen LogP contribution in [0.25, 0.3) is 10.4 Å². The van der Waals surface area contributed by atoms with Gasteiger partial charge in [0.15, 0.2) is 0 Å². The lowest BCUT2D eigenvalue weighted by Crippen LogP contribution is -1.85. The molecule has 0 radical (unpaired) electrons. The molecule has 1 nitrogen and oxygen atoms in total. The Morgan fingerprint density at radius 1 is 1.25 bits per heavy atom. The molecule has 0 N–H and O–H groups in total. The lowest BCUT2D eigenvalue weighted by Gasteiger charge is -2.05. The second-order valence-corrected chi connectivity index (χ2v) is 5.41. The highest BCUT2D eigenvalue weighted by Gasteiger charge is 2.04. The first-order valence-electron chi connectivity index (χ1n) is 5.31. The van der Waals surface area contributed by atoms with Crippen LogP contribution in [-0.2, 0) is 5.88 Å². The molecule has 1 aromatic heterocycles. The van der Waals surface area contributed by atoms with Crippen LogP contribution in [-0.4, -0.2) is 4.98 Å². The molecule has 0 aliphatic rings. The summed E-state index contributed by atoms with van der Waals surface area (Å²) in [7, 11) is 0. The van der Waals surface area contributed by atoms with Crippen LogP contribution >= 0.6 is 22.9 Å². The fourth-order valence-corrected chi connectivity index (χ4v) is 2.54. The molecular formula is C13H14ClNS. The molecule has 2 rings (SSSR count). The van der Waals surface area contributed by atoms with Gasteiger partial charge in [-0.25, -0.2) is 4.98 Å². The van der Waals surface area contributed by atoms with Crippen LogP contribution in [0.1, 0.15) is 30.3 Å². The van der Waals surface area contributed by atoms with E-state index in [1.807, 2.05) is 6.20 Å². The minimum absolute atomic E-state index is 0.495. The Kier molecular flexibility index (Phi) is 3.62. The molecule has 0 aliphatic carbocycles. The predicted molar refractivity (Wildman–Crippen MR) is 71.2 cm³/mol. The van der Waals surface area contributed by atoms with E-state index in [2.05, 4.69) is 43.1 Å². The van der Waals surface area contributed by atoms with E-state index in [0.717, 1.165) is 5.01 Å². The van der Waals surface area contributed by atoms with Crippen LogP contribution in [0.15, 0.2) is 30.5 Å². The summed E-state index contributed by atoms with van der Waals surface area (Å²) < 4.78 is 0. The zero-order valence-corrected chi connectivity index (χ0v) is 11.0. The molecular weight excluding hydrogens is 238 g/mol.